The van der Waals surface area contributed by atoms with Crippen LogP contribution in [0.3, 0.4) is 0 Å². The number of nitrogens with two attached hydrogens (primary N) is 1. The predicted octanol–water partition coefficient (Wildman–Crippen LogP) is 1.26. The molecule has 0 unspecified atom stereocenters. The monoisotopic (exact) mass is 244 g/mol. The van der Waals surface area contributed by atoms with Gasteiger partial charge in [0.1, 0.15) is 10.7 Å². The number of rotatable bonds is 5. The maximum atomic E-state index is 13.3. The van der Waals surface area contributed by atoms with Gasteiger partial charge in [0.05, 0.1) is 0 Å². The fraction of sp³-hybridized carbons (Fsp3) is 0.200. The molecular weight excluding hydrogens is 231 g/mol. The van der Waals surface area contributed by atoms with Crippen LogP contribution < -0.4 is 10.5 Å². The van der Waals surface area contributed by atoms with E-state index < -0.39 is 20.7 Å². The van der Waals surface area contributed by atoms with Gasteiger partial charge in [-0.05, 0) is 24.6 Å². The average Bonchev–Trinajstić information content (AvgIpc) is 2.17. The van der Waals surface area contributed by atoms with Gasteiger partial charge in [-0.3, -0.25) is 0 Å². The van der Waals surface area contributed by atoms with Gasteiger partial charge in [0.25, 0.3) is 0 Å². The van der Waals surface area contributed by atoms with Crippen LogP contribution in [-0.4, -0.2) is 15.0 Å². The Balaban J connectivity index is 2.94. The first-order valence-electron chi connectivity index (χ1n) is 4.63. The van der Waals surface area contributed by atoms with E-state index in [9.17, 15) is 12.8 Å². The Hall–Kier alpha value is -1.40. The van der Waals surface area contributed by atoms with Crippen molar-refractivity contribution in [3.8, 4) is 0 Å². The minimum Gasteiger partial charge on any atom is -0.399 e. The number of sulfonamides is 1. The molecule has 16 heavy (non-hydrogen) atoms. The second kappa shape index (κ2) is 5.09. The first-order valence-corrected chi connectivity index (χ1v) is 6.11. The third kappa shape index (κ3) is 3.04. The summed E-state index contributed by atoms with van der Waals surface area (Å²) in [6.07, 6.45) is 2.05. The van der Waals surface area contributed by atoms with Gasteiger partial charge in [-0.15, -0.1) is 6.58 Å². The van der Waals surface area contributed by atoms with E-state index in [2.05, 4.69) is 11.3 Å². The van der Waals surface area contributed by atoms with Crippen LogP contribution in [0.4, 0.5) is 10.1 Å². The van der Waals surface area contributed by atoms with Gasteiger partial charge in [0.15, 0.2) is 0 Å². The lowest BCUT2D eigenvalue weighted by Gasteiger charge is -2.06. The summed E-state index contributed by atoms with van der Waals surface area (Å²) in [5, 5.41) is 0. The molecule has 0 bridgehead atoms. The molecule has 1 aromatic rings. The van der Waals surface area contributed by atoms with Gasteiger partial charge < -0.3 is 5.73 Å². The number of nitrogens with one attached hydrogen (secondary N) is 1. The van der Waals surface area contributed by atoms with Crippen molar-refractivity contribution < 1.29 is 12.8 Å². The molecule has 6 heteroatoms. The predicted molar refractivity (Wildman–Crippen MR) is 60.8 cm³/mol. The molecule has 1 rings (SSSR count). The fourth-order valence-corrected chi connectivity index (χ4v) is 2.21. The van der Waals surface area contributed by atoms with E-state index >= 15 is 0 Å². The summed E-state index contributed by atoms with van der Waals surface area (Å²) in [4.78, 5) is -0.397. The zero-order valence-corrected chi connectivity index (χ0v) is 9.43. The number of hydrogen-bond acceptors (Lipinski definition) is 3. The largest absolute Gasteiger partial charge is 0.399 e. The number of halogens is 1. The zero-order chi connectivity index (χ0) is 12.2. The van der Waals surface area contributed by atoms with Gasteiger partial charge in [0, 0.05) is 12.2 Å². The summed E-state index contributed by atoms with van der Waals surface area (Å²) in [5.41, 5.74) is 5.51. The van der Waals surface area contributed by atoms with Crippen LogP contribution in [0.15, 0.2) is 35.7 Å². The number of benzene rings is 1. The maximum absolute atomic E-state index is 13.3. The summed E-state index contributed by atoms with van der Waals surface area (Å²) >= 11 is 0. The van der Waals surface area contributed by atoms with Gasteiger partial charge in [-0.2, -0.15) is 0 Å². The van der Waals surface area contributed by atoms with Gasteiger partial charge in [-0.1, -0.05) is 6.08 Å². The Morgan fingerprint density at radius 1 is 1.50 bits per heavy atom. The number of hydrogen-bond donors (Lipinski definition) is 2. The molecule has 0 saturated heterocycles. The summed E-state index contributed by atoms with van der Waals surface area (Å²) in [6, 6.07) is 3.45. The molecule has 0 spiro atoms. The standard InChI is InChI=1S/C10H13FN2O2S/c1-2-3-6-13-16(14,15)10-5-4-8(12)7-9(10)11/h2,4-5,7,13H,1,3,6,12H2. The van der Waals surface area contributed by atoms with E-state index in [1.807, 2.05) is 0 Å². The van der Waals surface area contributed by atoms with Crippen LogP contribution >= 0.6 is 0 Å². The van der Waals surface area contributed by atoms with Crippen molar-refractivity contribution in [1.29, 1.82) is 0 Å². The van der Waals surface area contributed by atoms with Crippen molar-refractivity contribution in [2.24, 2.45) is 0 Å². The normalized spacial score (nSPS) is 11.3. The van der Waals surface area contributed by atoms with Crippen molar-refractivity contribution in [2.45, 2.75) is 11.3 Å². The molecule has 0 radical (unpaired) electrons. The Bertz CT molecular complexity index is 486. The summed E-state index contributed by atoms with van der Waals surface area (Å²) in [6.45, 7) is 3.65. The maximum Gasteiger partial charge on any atom is 0.243 e. The SMILES string of the molecule is C=CCCNS(=O)(=O)c1ccc(N)cc1F. The molecule has 0 fully saturated rings. The quantitative estimate of drug-likeness (QED) is 0.465. The van der Waals surface area contributed by atoms with Crippen LogP contribution in [0.1, 0.15) is 6.42 Å². The van der Waals surface area contributed by atoms with Crippen molar-refractivity contribution in [1.82, 2.24) is 4.72 Å². The molecule has 0 aromatic heterocycles. The fourth-order valence-electron chi connectivity index (χ4n) is 1.11. The minimum absolute atomic E-state index is 0.183. The highest BCUT2D eigenvalue weighted by Gasteiger charge is 2.17. The van der Waals surface area contributed by atoms with Crippen molar-refractivity contribution >= 4 is 15.7 Å². The van der Waals surface area contributed by atoms with E-state index in [0.717, 1.165) is 12.1 Å². The molecule has 0 heterocycles. The molecule has 1 aromatic carbocycles. The Kier molecular flexibility index (Phi) is 4.03. The minimum atomic E-state index is -3.81. The Labute approximate surface area is 94.0 Å². The van der Waals surface area contributed by atoms with E-state index in [1.54, 1.807) is 6.08 Å². The van der Waals surface area contributed by atoms with Crippen LogP contribution in [0.2, 0.25) is 0 Å². The van der Waals surface area contributed by atoms with E-state index in [1.165, 1.54) is 6.07 Å². The molecular formula is C10H13FN2O2S. The van der Waals surface area contributed by atoms with Crippen LogP contribution in [0.25, 0.3) is 0 Å². The van der Waals surface area contributed by atoms with Crippen molar-refractivity contribution in [2.75, 3.05) is 12.3 Å². The molecule has 0 atom stereocenters. The lowest BCUT2D eigenvalue weighted by atomic mass is 10.3. The van der Waals surface area contributed by atoms with Crippen LogP contribution in [-0.2, 0) is 10.0 Å². The molecule has 0 aliphatic rings. The summed E-state index contributed by atoms with van der Waals surface area (Å²) < 4.78 is 38.8. The molecule has 4 nitrogen and oxygen atoms in total. The third-order valence-corrected chi connectivity index (χ3v) is 3.38. The lowest BCUT2D eigenvalue weighted by molar-refractivity contribution is 0.558. The average molecular weight is 244 g/mol. The molecule has 0 amide bonds. The number of anilines is 1. The second-order valence-electron chi connectivity index (χ2n) is 3.16. The van der Waals surface area contributed by atoms with Crippen molar-refractivity contribution in [3.63, 3.8) is 0 Å². The molecule has 0 saturated carbocycles. The first-order chi connectivity index (χ1) is 7.47. The van der Waals surface area contributed by atoms with Gasteiger partial charge in [0.2, 0.25) is 10.0 Å². The topological polar surface area (TPSA) is 72.2 Å². The summed E-state index contributed by atoms with van der Waals surface area (Å²) in [7, 11) is -3.81. The Morgan fingerprint density at radius 2 is 2.19 bits per heavy atom. The number of nitrogen functional groups attached to an aromatic ring is 1. The second-order valence-corrected chi connectivity index (χ2v) is 4.90. The van der Waals surface area contributed by atoms with Crippen LogP contribution in [0.5, 0.6) is 0 Å². The third-order valence-electron chi connectivity index (χ3n) is 1.89. The Morgan fingerprint density at radius 3 is 2.75 bits per heavy atom. The van der Waals surface area contributed by atoms with E-state index in [-0.39, 0.29) is 12.2 Å². The molecule has 88 valence electrons. The highest BCUT2D eigenvalue weighted by molar-refractivity contribution is 7.89. The van der Waals surface area contributed by atoms with E-state index in [4.69, 9.17) is 5.73 Å². The van der Waals surface area contributed by atoms with Crippen molar-refractivity contribution in [3.05, 3.63) is 36.7 Å². The van der Waals surface area contributed by atoms with Gasteiger partial charge in [-0.25, -0.2) is 17.5 Å². The van der Waals surface area contributed by atoms with E-state index in [0.29, 0.717) is 6.42 Å². The van der Waals surface area contributed by atoms with Gasteiger partial charge >= 0.3 is 0 Å². The lowest BCUT2D eigenvalue weighted by Crippen LogP contribution is -2.25. The zero-order valence-electron chi connectivity index (χ0n) is 8.61. The molecule has 3 N–H and O–H groups in total. The van der Waals surface area contributed by atoms with Crippen LogP contribution in [0, 0.1) is 5.82 Å². The molecule has 0 aliphatic carbocycles. The highest BCUT2D eigenvalue weighted by Crippen LogP contribution is 2.16. The first kappa shape index (κ1) is 12.7. The highest BCUT2D eigenvalue weighted by atomic mass is 32.2. The smallest absolute Gasteiger partial charge is 0.243 e. The molecule has 0 aliphatic heterocycles. The summed E-state index contributed by atoms with van der Waals surface area (Å²) in [5.74, 6) is -0.855.